The summed E-state index contributed by atoms with van der Waals surface area (Å²) in [5.41, 5.74) is 0. The van der Waals surface area contributed by atoms with E-state index in [-0.39, 0.29) is 0 Å². The summed E-state index contributed by atoms with van der Waals surface area (Å²) >= 11 is 0. The molecule has 1 aliphatic carbocycles. The lowest BCUT2D eigenvalue weighted by Crippen LogP contribution is -2.27. The van der Waals surface area contributed by atoms with Gasteiger partial charge in [0.2, 0.25) is 0 Å². The molecule has 0 bridgehead atoms. The van der Waals surface area contributed by atoms with Crippen molar-refractivity contribution in [1.29, 1.82) is 0 Å². The van der Waals surface area contributed by atoms with Crippen molar-refractivity contribution in [1.82, 2.24) is 0 Å². The number of hydrogen-bond acceptors (Lipinski definition) is 1. The molecule has 1 aliphatic rings. The Balaban J connectivity index is 2.37. The fraction of sp³-hybridized carbons (Fsp3) is 1.00. The number of hydrogen-bond donors (Lipinski definition) is 0. The molecular formula is C12H24O. The number of methoxy groups -OCH3 is 1. The van der Waals surface area contributed by atoms with Gasteiger partial charge in [0.05, 0.1) is 6.10 Å². The first-order valence-corrected chi connectivity index (χ1v) is 5.80. The van der Waals surface area contributed by atoms with Gasteiger partial charge in [0.1, 0.15) is 0 Å². The van der Waals surface area contributed by atoms with Crippen LogP contribution < -0.4 is 0 Å². The van der Waals surface area contributed by atoms with Gasteiger partial charge in [-0.15, -0.1) is 0 Å². The maximum absolute atomic E-state index is 5.58. The summed E-state index contributed by atoms with van der Waals surface area (Å²) < 4.78 is 5.58. The minimum atomic E-state index is 0.535. The Hall–Kier alpha value is -0.0400. The molecule has 0 aromatic rings. The summed E-state index contributed by atoms with van der Waals surface area (Å²) in [4.78, 5) is 0. The summed E-state index contributed by atoms with van der Waals surface area (Å²) in [6.07, 6.45) is 8.65. The molecule has 0 N–H and O–H groups in total. The molecule has 0 aromatic carbocycles. The Morgan fingerprint density at radius 1 is 1.38 bits per heavy atom. The van der Waals surface area contributed by atoms with Crippen molar-refractivity contribution in [3.63, 3.8) is 0 Å². The van der Waals surface area contributed by atoms with Gasteiger partial charge in [-0.3, -0.25) is 0 Å². The molecule has 3 atom stereocenters. The standard InChI is InChI=1S/C12H24O/c1-4-6-12(13-3)11-8-5-7-10(2)9-11/h10-12H,4-9H2,1-3H3. The molecule has 0 amide bonds. The first kappa shape index (κ1) is 11.0. The Labute approximate surface area is 82.9 Å². The normalized spacial score (nSPS) is 31.6. The summed E-state index contributed by atoms with van der Waals surface area (Å²) in [5, 5.41) is 0. The zero-order valence-corrected chi connectivity index (χ0v) is 9.38. The first-order valence-electron chi connectivity index (χ1n) is 5.80. The molecule has 0 aromatic heterocycles. The van der Waals surface area contributed by atoms with Crippen LogP contribution in [0, 0.1) is 11.8 Å². The largest absolute Gasteiger partial charge is 0.381 e. The van der Waals surface area contributed by atoms with E-state index in [9.17, 15) is 0 Å². The Morgan fingerprint density at radius 3 is 2.69 bits per heavy atom. The van der Waals surface area contributed by atoms with E-state index in [0.717, 1.165) is 11.8 Å². The predicted molar refractivity (Wildman–Crippen MR) is 56.8 cm³/mol. The van der Waals surface area contributed by atoms with Crippen molar-refractivity contribution in [3.05, 3.63) is 0 Å². The monoisotopic (exact) mass is 184 g/mol. The van der Waals surface area contributed by atoms with Crippen LogP contribution in [0.3, 0.4) is 0 Å². The van der Waals surface area contributed by atoms with E-state index in [2.05, 4.69) is 13.8 Å². The molecule has 1 heteroatoms. The minimum absolute atomic E-state index is 0.535. The fourth-order valence-electron chi connectivity index (χ4n) is 2.65. The van der Waals surface area contributed by atoms with E-state index in [0.29, 0.717) is 6.10 Å². The Morgan fingerprint density at radius 2 is 2.15 bits per heavy atom. The molecule has 1 saturated carbocycles. The van der Waals surface area contributed by atoms with Gasteiger partial charge in [-0.05, 0) is 31.1 Å². The van der Waals surface area contributed by atoms with E-state index in [1.807, 2.05) is 7.11 Å². The van der Waals surface area contributed by atoms with E-state index in [4.69, 9.17) is 4.74 Å². The molecule has 1 rings (SSSR count). The summed E-state index contributed by atoms with van der Waals surface area (Å²) in [5.74, 6) is 1.77. The average molecular weight is 184 g/mol. The highest BCUT2D eigenvalue weighted by Crippen LogP contribution is 2.33. The third kappa shape index (κ3) is 3.30. The molecule has 0 radical (unpaired) electrons. The van der Waals surface area contributed by atoms with Gasteiger partial charge in [0, 0.05) is 7.11 Å². The second-order valence-corrected chi connectivity index (χ2v) is 4.59. The van der Waals surface area contributed by atoms with Gasteiger partial charge in [0.15, 0.2) is 0 Å². The maximum atomic E-state index is 5.58. The van der Waals surface area contributed by atoms with Crippen molar-refractivity contribution in [2.45, 2.75) is 58.5 Å². The summed E-state index contributed by atoms with van der Waals surface area (Å²) in [6, 6.07) is 0. The zero-order valence-electron chi connectivity index (χ0n) is 9.38. The second-order valence-electron chi connectivity index (χ2n) is 4.59. The minimum Gasteiger partial charge on any atom is -0.381 e. The van der Waals surface area contributed by atoms with Crippen molar-refractivity contribution in [2.75, 3.05) is 7.11 Å². The lowest BCUT2D eigenvalue weighted by molar-refractivity contribution is 0.0217. The molecule has 3 unspecified atom stereocenters. The third-order valence-corrected chi connectivity index (χ3v) is 3.38. The zero-order chi connectivity index (χ0) is 9.68. The molecule has 0 heterocycles. The molecular weight excluding hydrogens is 160 g/mol. The summed E-state index contributed by atoms with van der Waals surface area (Å²) in [6.45, 7) is 4.63. The fourth-order valence-corrected chi connectivity index (χ4v) is 2.65. The van der Waals surface area contributed by atoms with Gasteiger partial charge in [0.25, 0.3) is 0 Å². The van der Waals surface area contributed by atoms with Crippen molar-refractivity contribution >= 4 is 0 Å². The predicted octanol–water partition coefficient (Wildman–Crippen LogP) is 3.63. The molecule has 0 saturated heterocycles. The van der Waals surface area contributed by atoms with Crippen LogP contribution in [0.25, 0.3) is 0 Å². The van der Waals surface area contributed by atoms with Gasteiger partial charge in [-0.25, -0.2) is 0 Å². The highest BCUT2D eigenvalue weighted by atomic mass is 16.5. The molecule has 78 valence electrons. The highest BCUT2D eigenvalue weighted by Gasteiger charge is 2.25. The quantitative estimate of drug-likeness (QED) is 0.648. The van der Waals surface area contributed by atoms with E-state index in [1.54, 1.807) is 0 Å². The average Bonchev–Trinajstić information content (AvgIpc) is 2.14. The van der Waals surface area contributed by atoms with Gasteiger partial charge in [-0.1, -0.05) is 33.1 Å². The van der Waals surface area contributed by atoms with Crippen LogP contribution in [0.2, 0.25) is 0 Å². The molecule has 1 fully saturated rings. The van der Waals surface area contributed by atoms with Crippen LogP contribution in [-0.4, -0.2) is 13.2 Å². The summed E-state index contributed by atoms with van der Waals surface area (Å²) in [7, 11) is 1.87. The molecule has 13 heavy (non-hydrogen) atoms. The van der Waals surface area contributed by atoms with Crippen molar-refractivity contribution in [3.8, 4) is 0 Å². The van der Waals surface area contributed by atoms with Crippen LogP contribution in [-0.2, 0) is 4.74 Å². The van der Waals surface area contributed by atoms with Gasteiger partial charge in [-0.2, -0.15) is 0 Å². The van der Waals surface area contributed by atoms with Crippen LogP contribution >= 0.6 is 0 Å². The lowest BCUT2D eigenvalue weighted by Gasteiger charge is -2.32. The lowest BCUT2D eigenvalue weighted by atomic mass is 9.78. The molecule has 0 aliphatic heterocycles. The van der Waals surface area contributed by atoms with E-state index in [1.165, 1.54) is 38.5 Å². The topological polar surface area (TPSA) is 9.23 Å². The van der Waals surface area contributed by atoms with Crippen LogP contribution in [0.5, 0.6) is 0 Å². The van der Waals surface area contributed by atoms with E-state index < -0.39 is 0 Å². The van der Waals surface area contributed by atoms with E-state index >= 15 is 0 Å². The van der Waals surface area contributed by atoms with Crippen LogP contribution in [0.4, 0.5) is 0 Å². The van der Waals surface area contributed by atoms with Gasteiger partial charge < -0.3 is 4.74 Å². The molecule has 0 spiro atoms. The Kier molecular flexibility index (Phi) is 4.79. The maximum Gasteiger partial charge on any atom is 0.0599 e. The van der Waals surface area contributed by atoms with Crippen molar-refractivity contribution < 1.29 is 4.74 Å². The molecule has 1 nitrogen and oxygen atoms in total. The number of ether oxygens (including phenoxy) is 1. The third-order valence-electron chi connectivity index (χ3n) is 3.38. The smallest absolute Gasteiger partial charge is 0.0599 e. The highest BCUT2D eigenvalue weighted by molar-refractivity contribution is 4.77. The number of rotatable bonds is 4. The second kappa shape index (κ2) is 5.64. The first-order chi connectivity index (χ1) is 6.27. The van der Waals surface area contributed by atoms with Crippen LogP contribution in [0.15, 0.2) is 0 Å². The Bertz CT molecular complexity index is 133. The van der Waals surface area contributed by atoms with Crippen molar-refractivity contribution in [2.24, 2.45) is 11.8 Å². The SMILES string of the molecule is CCCC(OC)C1CCCC(C)C1. The van der Waals surface area contributed by atoms with Crippen LogP contribution in [0.1, 0.15) is 52.4 Å². The van der Waals surface area contributed by atoms with Gasteiger partial charge >= 0.3 is 0 Å².